The quantitative estimate of drug-likeness (QED) is 0.479. The van der Waals surface area contributed by atoms with Crippen LogP contribution in [-0.4, -0.2) is 30.8 Å². The fourth-order valence-corrected chi connectivity index (χ4v) is 0.780. The lowest BCUT2D eigenvalue weighted by atomic mass is 9.84. The van der Waals surface area contributed by atoms with E-state index in [4.69, 9.17) is 4.74 Å². The van der Waals surface area contributed by atoms with Crippen LogP contribution in [0.15, 0.2) is 0 Å². The standard InChI is InChI=1S/C6H11O2.H4Si/c1-2-6(3-7)4-8-5-6;/h2-5H2,1H3;1H4. The molecule has 0 aromatic heterocycles. The van der Waals surface area contributed by atoms with E-state index < -0.39 is 0 Å². The number of ether oxygens (including phenoxy) is 1. The van der Waals surface area contributed by atoms with Crippen LogP contribution in [0.2, 0.25) is 0 Å². The average Bonchev–Trinajstić information content (AvgIpc) is 1.67. The second kappa shape index (κ2) is 3.34. The van der Waals surface area contributed by atoms with Gasteiger partial charge in [0.1, 0.15) is 0 Å². The van der Waals surface area contributed by atoms with Crippen molar-refractivity contribution in [3.05, 3.63) is 0 Å². The Labute approximate surface area is 60.2 Å². The van der Waals surface area contributed by atoms with E-state index in [-0.39, 0.29) is 23.0 Å². The van der Waals surface area contributed by atoms with Crippen LogP contribution >= 0.6 is 0 Å². The molecule has 0 N–H and O–H groups in total. The molecule has 1 radical (unpaired) electrons. The zero-order valence-electron chi connectivity index (χ0n) is 5.14. The molecular formula is C6H15O2Si. The normalized spacial score (nSPS) is 22.0. The first-order valence-electron chi connectivity index (χ1n) is 2.99. The third-order valence-electron chi connectivity index (χ3n) is 1.87. The van der Waals surface area contributed by atoms with Crippen molar-refractivity contribution >= 4 is 11.0 Å². The van der Waals surface area contributed by atoms with E-state index in [9.17, 15) is 5.11 Å². The minimum Gasteiger partial charge on any atom is -0.380 e. The summed E-state index contributed by atoms with van der Waals surface area (Å²) in [7, 11) is 0. The SMILES string of the molecule is CCC1(C[O])COC1.[SiH4]. The number of rotatable bonds is 2. The highest BCUT2D eigenvalue weighted by Gasteiger charge is 2.36. The van der Waals surface area contributed by atoms with Crippen molar-refractivity contribution in [2.75, 3.05) is 19.8 Å². The van der Waals surface area contributed by atoms with Crippen molar-refractivity contribution < 1.29 is 9.84 Å². The van der Waals surface area contributed by atoms with E-state index in [0.29, 0.717) is 13.2 Å². The molecule has 9 heavy (non-hydrogen) atoms. The molecule has 1 fully saturated rings. The molecule has 1 rings (SSSR count). The zero-order valence-corrected chi connectivity index (χ0v) is 5.14. The van der Waals surface area contributed by atoms with E-state index in [1.807, 2.05) is 6.92 Å². The smallest absolute Gasteiger partial charge is 0.0922 e. The van der Waals surface area contributed by atoms with E-state index in [1.54, 1.807) is 0 Å². The van der Waals surface area contributed by atoms with Crippen molar-refractivity contribution in [2.24, 2.45) is 5.41 Å². The summed E-state index contributed by atoms with van der Waals surface area (Å²) in [5.74, 6) is 0. The summed E-state index contributed by atoms with van der Waals surface area (Å²) in [5.41, 5.74) is 0.0278. The van der Waals surface area contributed by atoms with E-state index in [2.05, 4.69) is 0 Å². The van der Waals surface area contributed by atoms with Crippen LogP contribution in [0.3, 0.4) is 0 Å². The lowest BCUT2D eigenvalue weighted by Crippen LogP contribution is -2.44. The van der Waals surface area contributed by atoms with Crippen LogP contribution < -0.4 is 0 Å². The van der Waals surface area contributed by atoms with Crippen LogP contribution in [0.5, 0.6) is 0 Å². The molecule has 0 unspecified atom stereocenters. The van der Waals surface area contributed by atoms with Gasteiger partial charge in [-0.25, -0.2) is 5.11 Å². The van der Waals surface area contributed by atoms with Crippen LogP contribution in [0.25, 0.3) is 0 Å². The van der Waals surface area contributed by atoms with Crippen molar-refractivity contribution in [3.8, 4) is 0 Å². The molecule has 2 nitrogen and oxygen atoms in total. The van der Waals surface area contributed by atoms with Gasteiger partial charge in [0, 0.05) is 5.41 Å². The van der Waals surface area contributed by atoms with Gasteiger partial charge in [0.2, 0.25) is 0 Å². The summed E-state index contributed by atoms with van der Waals surface area (Å²) in [6, 6.07) is 0. The molecule has 1 aliphatic heterocycles. The van der Waals surface area contributed by atoms with E-state index >= 15 is 0 Å². The van der Waals surface area contributed by atoms with Crippen LogP contribution in [0.1, 0.15) is 13.3 Å². The highest BCUT2D eigenvalue weighted by atomic mass is 28.1. The first-order valence-corrected chi connectivity index (χ1v) is 2.99. The molecule has 3 heteroatoms. The minimum absolute atomic E-state index is 0. The molecule has 0 amide bonds. The molecule has 0 saturated carbocycles. The molecular weight excluding hydrogens is 132 g/mol. The summed E-state index contributed by atoms with van der Waals surface area (Å²) in [4.78, 5) is 0. The maximum Gasteiger partial charge on any atom is 0.0922 e. The van der Waals surface area contributed by atoms with Crippen LogP contribution in [0, 0.1) is 5.41 Å². The molecule has 1 saturated heterocycles. The minimum atomic E-state index is 0. The van der Waals surface area contributed by atoms with Gasteiger partial charge in [-0.1, -0.05) is 6.92 Å². The summed E-state index contributed by atoms with van der Waals surface area (Å²) in [6.07, 6.45) is 0.969. The lowest BCUT2D eigenvalue weighted by Gasteiger charge is -2.38. The number of hydrogen-bond donors (Lipinski definition) is 0. The second-order valence-corrected chi connectivity index (χ2v) is 2.49. The second-order valence-electron chi connectivity index (χ2n) is 2.49. The van der Waals surface area contributed by atoms with E-state index in [0.717, 1.165) is 6.42 Å². The molecule has 0 spiro atoms. The van der Waals surface area contributed by atoms with Gasteiger partial charge in [-0.2, -0.15) is 0 Å². The number of hydrogen-bond acceptors (Lipinski definition) is 1. The zero-order chi connectivity index (χ0) is 6.04. The Morgan fingerprint density at radius 1 is 1.56 bits per heavy atom. The topological polar surface area (TPSA) is 29.1 Å². The largest absolute Gasteiger partial charge is 0.380 e. The summed E-state index contributed by atoms with van der Waals surface area (Å²) in [5, 5.41) is 10.4. The van der Waals surface area contributed by atoms with E-state index in [1.165, 1.54) is 0 Å². The molecule has 1 heterocycles. The Morgan fingerprint density at radius 3 is 2.11 bits per heavy atom. The van der Waals surface area contributed by atoms with Gasteiger partial charge in [0.25, 0.3) is 0 Å². The first kappa shape index (κ1) is 9.14. The fraction of sp³-hybridized carbons (Fsp3) is 1.00. The highest BCUT2D eigenvalue weighted by Crippen LogP contribution is 2.29. The van der Waals surface area contributed by atoms with Crippen LogP contribution in [-0.2, 0) is 9.84 Å². The molecule has 0 bridgehead atoms. The first-order chi connectivity index (χ1) is 3.83. The van der Waals surface area contributed by atoms with Crippen LogP contribution in [0.4, 0.5) is 0 Å². The molecule has 0 atom stereocenters. The molecule has 0 aromatic rings. The third kappa shape index (κ3) is 1.53. The predicted octanol–water partition coefficient (Wildman–Crippen LogP) is -0.608. The van der Waals surface area contributed by atoms with Gasteiger partial charge < -0.3 is 4.74 Å². The monoisotopic (exact) mass is 147 g/mol. The molecule has 0 aromatic carbocycles. The van der Waals surface area contributed by atoms with Gasteiger partial charge in [0.15, 0.2) is 0 Å². The summed E-state index contributed by atoms with van der Waals surface area (Å²) in [6.45, 7) is 3.45. The lowest BCUT2D eigenvalue weighted by molar-refractivity contribution is -0.149. The maximum absolute atomic E-state index is 10.4. The van der Waals surface area contributed by atoms with Gasteiger partial charge in [-0.15, -0.1) is 0 Å². The molecule has 0 aliphatic carbocycles. The van der Waals surface area contributed by atoms with Gasteiger partial charge in [-0.05, 0) is 17.4 Å². The summed E-state index contributed by atoms with van der Waals surface area (Å²) >= 11 is 0. The highest BCUT2D eigenvalue weighted by molar-refractivity contribution is 5.75. The predicted molar refractivity (Wildman–Crippen MR) is 40.4 cm³/mol. The Kier molecular flexibility index (Phi) is 3.39. The maximum atomic E-state index is 10.4. The molecule has 1 aliphatic rings. The van der Waals surface area contributed by atoms with Crippen molar-refractivity contribution in [1.82, 2.24) is 0 Å². The Morgan fingerprint density at radius 2 is 2.11 bits per heavy atom. The van der Waals surface area contributed by atoms with Crippen molar-refractivity contribution in [1.29, 1.82) is 0 Å². The average molecular weight is 147 g/mol. The Balaban J connectivity index is 0.000000640. The Bertz CT molecular complexity index is 67.6. The summed E-state index contributed by atoms with van der Waals surface area (Å²) < 4.78 is 4.92. The van der Waals surface area contributed by atoms with Gasteiger partial charge in [-0.3, -0.25) is 0 Å². The fourth-order valence-electron chi connectivity index (χ4n) is 0.780. The van der Waals surface area contributed by atoms with Crippen molar-refractivity contribution in [3.63, 3.8) is 0 Å². The van der Waals surface area contributed by atoms with Gasteiger partial charge in [0.05, 0.1) is 19.8 Å². The molecule has 55 valence electrons. The Hall–Kier alpha value is 0.137. The van der Waals surface area contributed by atoms with Gasteiger partial charge >= 0.3 is 0 Å². The van der Waals surface area contributed by atoms with Crippen molar-refractivity contribution in [2.45, 2.75) is 13.3 Å². The third-order valence-corrected chi connectivity index (χ3v) is 1.87.